The van der Waals surface area contributed by atoms with Crippen LogP contribution in [0.2, 0.25) is 5.02 Å². The van der Waals surface area contributed by atoms with Gasteiger partial charge in [0.25, 0.3) is 11.8 Å². The molecule has 0 aliphatic rings. The average Bonchev–Trinajstić information content (AvgIpc) is 3.44. The Hall–Kier alpha value is -3.99. The minimum atomic E-state index is -0.671. The summed E-state index contributed by atoms with van der Waals surface area (Å²) < 4.78 is 14.5. The molecule has 1 unspecified atom stereocenters. The lowest BCUT2D eigenvalue weighted by atomic mass is 10.1. The van der Waals surface area contributed by atoms with Gasteiger partial charge < -0.3 is 16.0 Å². The third-order valence-corrected chi connectivity index (χ3v) is 7.40. The van der Waals surface area contributed by atoms with E-state index in [1.807, 2.05) is 0 Å². The smallest absolute Gasteiger partial charge is 0.272 e. The van der Waals surface area contributed by atoms with Gasteiger partial charge in [0.15, 0.2) is 5.13 Å². The molecule has 7 nitrogen and oxygen atoms in total. The molecule has 0 aliphatic heterocycles. The number of carbonyl (C=O) groups excluding carboxylic acids is 3. The Morgan fingerprint density at radius 3 is 2.41 bits per heavy atom. The molecule has 4 aromatic rings. The molecule has 0 fully saturated rings. The minimum Gasteiger partial charge on any atom is -0.321 e. The molecule has 0 radical (unpaired) electrons. The van der Waals surface area contributed by atoms with Crippen LogP contribution in [0.5, 0.6) is 0 Å². The lowest BCUT2D eigenvalue weighted by Gasteiger charge is -2.13. The summed E-state index contributed by atoms with van der Waals surface area (Å²) in [4.78, 5) is 43.2. The van der Waals surface area contributed by atoms with Gasteiger partial charge in [0.2, 0.25) is 5.91 Å². The molecule has 11 heteroatoms. The molecule has 3 N–H and O–H groups in total. The van der Waals surface area contributed by atoms with E-state index in [4.69, 9.17) is 11.6 Å². The highest BCUT2D eigenvalue weighted by Gasteiger charge is 2.18. The molecular weight excluding hydrogens is 559 g/mol. The number of hydrogen-bond donors (Lipinski definition) is 3. The molecule has 0 spiro atoms. The van der Waals surface area contributed by atoms with Crippen molar-refractivity contribution >= 4 is 69.3 Å². The Balaban J connectivity index is 1.48. The number of thiazole rings is 1. The highest BCUT2D eigenvalue weighted by atomic mass is 35.5. The predicted octanol–water partition coefficient (Wildman–Crippen LogP) is 6.46. The third-order valence-electron chi connectivity index (χ3n) is 5.27. The Bertz CT molecular complexity index is 1480. The second kappa shape index (κ2) is 13.2. The number of anilines is 2. The molecule has 198 valence electrons. The van der Waals surface area contributed by atoms with Gasteiger partial charge >= 0.3 is 0 Å². The van der Waals surface area contributed by atoms with Crippen molar-refractivity contribution in [1.82, 2.24) is 10.3 Å². The Morgan fingerprint density at radius 1 is 1.00 bits per heavy atom. The van der Waals surface area contributed by atoms with Crippen LogP contribution in [-0.4, -0.2) is 28.0 Å². The first kappa shape index (κ1) is 28.0. The molecule has 0 bridgehead atoms. The van der Waals surface area contributed by atoms with Gasteiger partial charge in [-0.15, -0.1) is 23.1 Å². The molecule has 1 aromatic heterocycles. The summed E-state index contributed by atoms with van der Waals surface area (Å²) in [5, 5.41) is 10.0. The molecule has 3 aromatic carbocycles. The van der Waals surface area contributed by atoms with E-state index in [0.29, 0.717) is 16.4 Å². The van der Waals surface area contributed by atoms with Gasteiger partial charge in [-0.1, -0.05) is 35.9 Å². The number of benzene rings is 3. The summed E-state index contributed by atoms with van der Waals surface area (Å²) in [6.07, 6.45) is 2.81. The fourth-order valence-corrected chi connectivity index (χ4v) is 4.92. The SMILES string of the molecule is CC(Sc1ccc(NC(=O)/C(=C/c2c(F)cccc2Cl)NC(=O)c2ccccc2)cc1)C(=O)Nc1nccs1. The van der Waals surface area contributed by atoms with Crippen LogP contribution in [0.4, 0.5) is 15.2 Å². The maximum Gasteiger partial charge on any atom is 0.272 e. The quantitative estimate of drug-likeness (QED) is 0.156. The van der Waals surface area contributed by atoms with E-state index in [0.717, 1.165) is 4.90 Å². The zero-order valence-corrected chi connectivity index (χ0v) is 22.9. The first-order valence-electron chi connectivity index (χ1n) is 11.6. The maximum atomic E-state index is 14.5. The van der Waals surface area contributed by atoms with Crippen LogP contribution in [0.25, 0.3) is 6.08 Å². The van der Waals surface area contributed by atoms with Gasteiger partial charge in [0.1, 0.15) is 11.5 Å². The predicted molar refractivity (Wildman–Crippen MR) is 154 cm³/mol. The first-order chi connectivity index (χ1) is 18.8. The molecule has 0 saturated carbocycles. The monoisotopic (exact) mass is 580 g/mol. The van der Waals surface area contributed by atoms with Crippen molar-refractivity contribution < 1.29 is 18.8 Å². The number of halogens is 2. The van der Waals surface area contributed by atoms with Crippen LogP contribution in [0.15, 0.2) is 95.0 Å². The van der Waals surface area contributed by atoms with Gasteiger partial charge in [0, 0.05) is 33.3 Å². The number of amides is 3. The van der Waals surface area contributed by atoms with Crippen molar-refractivity contribution in [2.24, 2.45) is 0 Å². The average molecular weight is 581 g/mol. The highest BCUT2D eigenvalue weighted by molar-refractivity contribution is 8.00. The molecule has 39 heavy (non-hydrogen) atoms. The van der Waals surface area contributed by atoms with E-state index < -0.39 is 17.6 Å². The standard InChI is InChI=1S/C28H22ClFN4O3S2/c1-17(25(35)34-28-31-14-15-38-28)39-20-12-10-19(11-13-20)32-27(37)24(16-21-22(29)8-5-9-23(21)30)33-26(36)18-6-3-2-4-7-18/h2-17H,1H3,(H,32,37)(H,33,36)(H,31,34,35)/b24-16-. The number of nitrogens with zero attached hydrogens (tertiary/aromatic N) is 1. The fraction of sp³-hybridized carbons (Fsp3) is 0.0714. The van der Waals surface area contributed by atoms with Crippen LogP contribution in [0.1, 0.15) is 22.8 Å². The Morgan fingerprint density at radius 2 is 1.74 bits per heavy atom. The maximum absolute atomic E-state index is 14.5. The summed E-state index contributed by atoms with van der Waals surface area (Å²) in [6, 6.07) is 19.3. The topological polar surface area (TPSA) is 100 Å². The van der Waals surface area contributed by atoms with Crippen LogP contribution in [0, 0.1) is 5.82 Å². The number of rotatable bonds is 9. The van der Waals surface area contributed by atoms with Gasteiger partial charge in [-0.25, -0.2) is 9.37 Å². The molecule has 1 heterocycles. The summed E-state index contributed by atoms with van der Waals surface area (Å²) in [7, 11) is 0. The summed E-state index contributed by atoms with van der Waals surface area (Å²) in [6.45, 7) is 1.78. The minimum absolute atomic E-state index is 0.0329. The van der Waals surface area contributed by atoms with E-state index in [1.54, 1.807) is 73.1 Å². The van der Waals surface area contributed by atoms with E-state index in [-0.39, 0.29) is 27.4 Å². The fourth-order valence-electron chi connectivity index (χ4n) is 3.30. The number of aromatic nitrogens is 1. The van der Waals surface area contributed by atoms with E-state index in [9.17, 15) is 18.8 Å². The zero-order valence-electron chi connectivity index (χ0n) is 20.5. The lowest BCUT2D eigenvalue weighted by molar-refractivity contribution is -0.115. The van der Waals surface area contributed by atoms with Crippen molar-refractivity contribution in [3.8, 4) is 0 Å². The number of nitrogens with one attached hydrogen (secondary N) is 3. The molecule has 1 atom stereocenters. The molecule has 4 rings (SSSR count). The second-order valence-electron chi connectivity index (χ2n) is 8.08. The van der Waals surface area contributed by atoms with Gasteiger partial charge in [-0.3, -0.25) is 14.4 Å². The molecular formula is C28H22ClFN4O3S2. The van der Waals surface area contributed by atoms with E-state index in [2.05, 4.69) is 20.9 Å². The Labute approximate surface area is 237 Å². The second-order valence-corrected chi connectivity index (χ2v) is 10.8. The van der Waals surface area contributed by atoms with E-state index in [1.165, 1.54) is 47.4 Å². The molecule has 0 saturated heterocycles. The molecule has 0 aliphatic carbocycles. The van der Waals surface area contributed by atoms with Crippen molar-refractivity contribution in [3.05, 3.63) is 112 Å². The van der Waals surface area contributed by atoms with Gasteiger partial charge in [-0.2, -0.15) is 0 Å². The number of hydrogen-bond acceptors (Lipinski definition) is 6. The van der Waals surface area contributed by atoms with Crippen LogP contribution in [-0.2, 0) is 9.59 Å². The number of thioether (sulfide) groups is 1. The summed E-state index contributed by atoms with van der Waals surface area (Å²) >= 11 is 8.83. The van der Waals surface area contributed by atoms with Crippen LogP contribution < -0.4 is 16.0 Å². The van der Waals surface area contributed by atoms with Gasteiger partial charge in [0.05, 0.1) is 10.3 Å². The lowest BCUT2D eigenvalue weighted by Crippen LogP contribution is -2.30. The third kappa shape index (κ3) is 7.76. The van der Waals surface area contributed by atoms with Crippen molar-refractivity contribution in [2.75, 3.05) is 10.6 Å². The largest absolute Gasteiger partial charge is 0.321 e. The highest BCUT2D eigenvalue weighted by Crippen LogP contribution is 2.26. The summed E-state index contributed by atoms with van der Waals surface area (Å²) in [5.74, 6) is -2.03. The van der Waals surface area contributed by atoms with Crippen molar-refractivity contribution in [3.63, 3.8) is 0 Å². The Kier molecular flexibility index (Phi) is 9.48. The van der Waals surface area contributed by atoms with Crippen LogP contribution >= 0.6 is 34.7 Å². The number of carbonyl (C=O) groups is 3. The van der Waals surface area contributed by atoms with Crippen LogP contribution in [0.3, 0.4) is 0 Å². The van der Waals surface area contributed by atoms with E-state index >= 15 is 0 Å². The normalized spacial score (nSPS) is 11.9. The van der Waals surface area contributed by atoms with Crippen molar-refractivity contribution in [2.45, 2.75) is 17.1 Å². The molecule has 3 amide bonds. The first-order valence-corrected chi connectivity index (χ1v) is 13.7. The summed E-state index contributed by atoms with van der Waals surface area (Å²) in [5.41, 5.74) is 0.533. The van der Waals surface area contributed by atoms with Gasteiger partial charge in [-0.05, 0) is 61.5 Å². The van der Waals surface area contributed by atoms with Crippen molar-refractivity contribution in [1.29, 1.82) is 0 Å². The zero-order chi connectivity index (χ0) is 27.8.